The van der Waals surface area contributed by atoms with Crippen LogP contribution in [-0.4, -0.2) is 63.2 Å². The molecule has 3 amide bonds. The molecule has 0 radical (unpaired) electrons. The van der Waals surface area contributed by atoms with E-state index in [0.29, 0.717) is 32.4 Å². The zero-order valence-corrected chi connectivity index (χ0v) is 28.4. The number of likely N-dealkylation sites (tertiary alicyclic amines) is 1. The average Bonchev–Trinajstić information content (AvgIpc) is 3.39. The topological polar surface area (TPSA) is 123 Å². The summed E-state index contributed by atoms with van der Waals surface area (Å²) in [5.41, 5.74) is -0.571. The fourth-order valence-corrected chi connectivity index (χ4v) is 5.72. The number of amides is 3. The highest BCUT2D eigenvalue weighted by molar-refractivity contribution is 6.40. The van der Waals surface area contributed by atoms with Crippen LogP contribution < -0.4 is 10.6 Å². The number of carbonyl (C=O) groups excluding carboxylic acids is 4. The SMILES string of the molecule is CCCCCCCCCCCC(=O)n1cc(NC(=O)c2c(Cl)cccc2Cl)c(C(=O)NC2CCN(C(=O)OC(C)(C)C)CC2)n1. The summed E-state index contributed by atoms with van der Waals surface area (Å²) in [4.78, 5) is 53.7. The molecule has 3 rings (SSSR count). The first kappa shape index (κ1) is 36.4. The van der Waals surface area contributed by atoms with Gasteiger partial charge in [0.1, 0.15) is 5.60 Å². The van der Waals surface area contributed by atoms with Crippen molar-refractivity contribution >= 4 is 52.7 Å². The monoisotopic (exact) mass is 663 g/mol. The summed E-state index contributed by atoms with van der Waals surface area (Å²) >= 11 is 12.5. The molecule has 1 fully saturated rings. The Morgan fingerprint density at radius 3 is 2.07 bits per heavy atom. The minimum absolute atomic E-state index is 0.0514. The Hall–Kier alpha value is -3.11. The second-order valence-electron chi connectivity index (χ2n) is 12.6. The van der Waals surface area contributed by atoms with Crippen LogP contribution in [0.3, 0.4) is 0 Å². The molecule has 0 spiro atoms. The van der Waals surface area contributed by atoms with Crippen molar-refractivity contribution in [3.63, 3.8) is 0 Å². The standard InChI is InChI=1S/C33H47Cl2N5O5/c1-5-6-7-8-9-10-11-12-13-17-27(41)40-22-26(37-30(42)28-24(34)15-14-16-25(28)35)29(38-40)31(43)36-23-18-20-39(21-19-23)32(44)45-33(2,3)4/h14-16,22-23H,5-13,17-21H2,1-4H3,(H,36,43)(H,37,42). The maximum absolute atomic E-state index is 13.4. The Morgan fingerprint density at radius 2 is 1.49 bits per heavy atom. The molecule has 1 aliphatic heterocycles. The average molecular weight is 665 g/mol. The smallest absolute Gasteiger partial charge is 0.410 e. The molecule has 0 bridgehead atoms. The summed E-state index contributed by atoms with van der Waals surface area (Å²) < 4.78 is 6.57. The number of benzene rings is 1. The molecule has 1 saturated heterocycles. The van der Waals surface area contributed by atoms with Crippen LogP contribution in [0.4, 0.5) is 10.5 Å². The third-order valence-electron chi connectivity index (χ3n) is 7.60. The van der Waals surface area contributed by atoms with Gasteiger partial charge in [0.05, 0.1) is 27.5 Å². The van der Waals surface area contributed by atoms with Crippen LogP contribution in [0.5, 0.6) is 0 Å². The molecule has 45 heavy (non-hydrogen) atoms. The minimum Gasteiger partial charge on any atom is -0.444 e. The van der Waals surface area contributed by atoms with Crippen LogP contribution in [-0.2, 0) is 4.74 Å². The van der Waals surface area contributed by atoms with Crippen molar-refractivity contribution in [1.82, 2.24) is 20.0 Å². The fraction of sp³-hybridized carbons (Fsp3) is 0.606. The summed E-state index contributed by atoms with van der Waals surface area (Å²) in [7, 11) is 0. The van der Waals surface area contributed by atoms with Crippen molar-refractivity contribution in [2.24, 2.45) is 0 Å². The van der Waals surface area contributed by atoms with Gasteiger partial charge in [0.25, 0.3) is 11.8 Å². The second kappa shape index (κ2) is 17.5. The second-order valence-corrected chi connectivity index (χ2v) is 13.4. The Bertz CT molecular complexity index is 1290. The molecule has 1 aromatic carbocycles. The fourth-order valence-electron chi connectivity index (χ4n) is 5.15. The number of halogens is 2. The predicted octanol–water partition coefficient (Wildman–Crippen LogP) is 8.13. The summed E-state index contributed by atoms with van der Waals surface area (Å²) in [6.07, 6.45) is 12.4. The van der Waals surface area contributed by atoms with Gasteiger partial charge in [-0.05, 0) is 52.2 Å². The largest absolute Gasteiger partial charge is 0.444 e. The molecule has 1 aromatic heterocycles. The van der Waals surface area contributed by atoms with Gasteiger partial charge in [-0.2, -0.15) is 5.10 Å². The molecule has 0 unspecified atom stereocenters. The van der Waals surface area contributed by atoms with Crippen LogP contribution in [0.1, 0.15) is 130 Å². The van der Waals surface area contributed by atoms with Gasteiger partial charge in [-0.25, -0.2) is 9.48 Å². The maximum Gasteiger partial charge on any atom is 0.410 e. The van der Waals surface area contributed by atoms with E-state index >= 15 is 0 Å². The number of nitrogens with one attached hydrogen (secondary N) is 2. The first-order valence-electron chi connectivity index (χ1n) is 16.1. The zero-order valence-electron chi connectivity index (χ0n) is 26.9. The molecule has 0 aliphatic carbocycles. The first-order valence-corrected chi connectivity index (χ1v) is 16.8. The van der Waals surface area contributed by atoms with Gasteiger partial charge < -0.3 is 20.3 Å². The van der Waals surface area contributed by atoms with Gasteiger partial charge in [-0.1, -0.05) is 87.6 Å². The van der Waals surface area contributed by atoms with Gasteiger partial charge >= 0.3 is 6.09 Å². The number of rotatable bonds is 14. The summed E-state index contributed by atoms with van der Waals surface area (Å²) in [6.45, 7) is 8.48. The highest BCUT2D eigenvalue weighted by atomic mass is 35.5. The molecule has 2 heterocycles. The molecule has 2 aromatic rings. The van der Waals surface area contributed by atoms with Crippen LogP contribution in [0.15, 0.2) is 24.4 Å². The Labute approximate surface area is 276 Å². The van der Waals surface area contributed by atoms with E-state index in [-0.39, 0.29) is 51.5 Å². The van der Waals surface area contributed by atoms with E-state index in [1.54, 1.807) is 11.0 Å². The highest BCUT2D eigenvalue weighted by Crippen LogP contribution is 2.26. The van der Waals surface area contributed by atoms with E-state index < -0.39 is 17.4 Å². The van der Waals surface area contributed by atoms with E-state index in [4.69, 9.17) is 27.9 Å². The highest BCUT2D eigenvalue weighted by Gasteiger charge is 2.29. The lowest BCUT2D eigenvalue weighted by Gasteiger charge is -2.33. The molecule has 0 atom stereocenters. The number of hydrogen-bond donors (Lipinski definition) is 2. The lowest BCUT2D eigenvalue weighted by Crippen LogP contribution is -2.48. The van der Waals surface area contributed by atoms with Crippen molar-refractivity contribution in [1.29, 1.82) is 0 Å². The molecular weight excluding hydrogens is 617 g/mol. The van der Waals surface area contributed by atoms with Crippen molar-refractivity contribution in [3.05, 3.63) is 45.7 Å². The number of anilines is 1. The lowest BCUT2D eigenvalue weighted by atomic mass is 10.1. The van der Waals surface area contributed by atoms with Crippen molar-refractivity contribution in [2.75, 3.05) is 18.4 Å². The molecule has 0 saturated carbocycles. The number of carbonyl (C=O) groups is 4. The number of unbranched alkanes of at least 4 members (excludes halogenated alkanes) is 8. The third-order valence-corrected chi connectivity index (χ3v) is 8.23. The number of hydrogen-bond acceptors (Lipinski definition) is 6. The third kappa shape index (κ3) is 11.6. The van der Waals surface area contributed by atoms with E-state index in [1.165, 1.54) is 50.4 Å². The van der Waals surface area contributed by atoms with E-state index in [9.17, 15) is 19.2 Å². The molecule has 1 aliphatic rings. The molecule has 248 valence electrons. The van der Waals surface area contributed by atoms with Crippen molar-refractivity contribution in [3.8, 4) is 0 Å². The van der Waals surface area contributed by atoms with Gasteiger partial charge in [-0.3, -0.25) is 14.4 Å². The minimum atomic E-state index is -0.628. The quantitative estimate of drug-likeness (QED) is 0.197. The summed E-state index contributed by atoms with van der Waals surface area (Å²) in [5, 5.41) is 10.2. The summed E-state index contributed by atoms with van der Waals surface area (Å²) in [5.74, 6) is -1.44. The van der Waals surface area contributed by atoms with Gasteiger partial charge in [0, 0.05) is 25.6 Å². The van der Waals surface area contributed by atoms with Gasteiger partial charge in [0.15, 0.2) is 5.69 Å². The van der Waals surface area contributed by atoms with Crippen molar-refractivity contribution in [2.45, 2.75) is 116 Å². The number of nitrogens with zero attached hydrogens (tertiary/aromatic N) is 3. The Kier molecular flexibility index (Phi) is 14.2. The molecular formula is C33H47Cl2N5O5. The number of ether oxygens (including phenoxy) is 1. The first-order chi connectivity index (χ1) is 21.4. The predicted molar refractivity (Wildman–Crippen MR) is 177 cm³/mol. The summed E-state index contributed by atoms with van der Waals surface area (Å²) in [6, 6.07) is 4.47. The van der Waals surface area contributed by atoms with Crippen molar-refractivity contribution < 1.29 is 23.9 Å². The van der Waals surface area contributed by atoms with Crippen LogP contribution in [0.2, 0.25) is 10.0 Å². The normalized spacial score (nSPS) is 13.9. The number of piperidine rings is 1. The zero-order chi connectivity index (χ0) is 33.0. The Balaban J connectivity index is 1.65. The van der Waals surface area contributed by atoms with Gasteiger partial charge in [0.2, 0.25) is 5.91 Å². The van der Waals surface area contributed by atoms with Crippen LogP contribution in [0, 0.1) is 0 Å². The van der Waals surface area contributed by atoms with Crippen LogP contribution >= 0.6 is 23.2 Å². The lowest BCUT2D eigenvalue weighted by molar-refractivity contribution is 0.0199. The molecule has 10 nitrogen and oxygen atoms in total. The molecule has 12 heteroatoms. The number of aromatic nitrogens is 2. The van der Waals surface area contributed by atoms with Gasteiger partial charge in [-0.15, -0.1) is 0 Å². The van der Waals surface area contributed by atoms with E-state index in [2.05, 4.69) is 22.7 Å². The van der Waals surface area contributed by atoms with Crippen LogP contribution in [0.25, 0.3) is 0 Å². The molecule has 2 N–H and O–H groups in total. The maximum atomic E-state index is 13.4. The van der Waals surface area contributed by atoms with E-state index in [1.807, 2.05) is 20.8 Å². The van der Waals surface area contributed by atoms with E-state index in [0.717, 1.165) is 23.9 Å². The Morgan fingerprint density at radius 1 is 0.911 bits per heavy atom.